The third-order valence-corrected chi connectivity index (χ3v) is 5.60. The summed E-state index contributed by atoms with van der Waals surface area (Å²) < 4.78 is 19.0. The second-order valence-corrected chi connectivity index (χ2v) is 7.96. The van der Waals surface area contributed by atoms with Gasteiger partial charge in [0.1, 0.15) is 23.2 Å². The summed E-state index contributed by atoms with van der Waals surface area (Å²) in [6.07, 6.45) is 1.75. The van der Waals surface area contributed by atoms with E-state index in [0.29, 0.717) is 39.0 Å². The van der Waals surface area contributed by atoms with Gasteiger partial charge in [-0.05, 0) is 59.7 Å². The molecule has 4 nitrogen and oxygen atoms in total. The van der Waals surface area contributed by atoms with Crippen LogP contribution in [0.25, 0.3) is 6.08 Å². The molecule has 0 atom stereocenters. The van der Waals surface area contributed by atoms with E-state index in [2.05, 4.69) is 5.32 Å². The smallest absolute Gasteiger partial charge is 0.266 e. The molecular formula is C24H16Cl3FN2O2. The Morgan fingerprint density at radius 1 is 1.09 bits per heavy atom. The maximum absolute atomic E-state index is 13.5. The Kier molecular flexibility index (Phi) is 7.76. The minimum atomic E-state index is -0.621. The fourth-order valence-electron chi connectivity index (χ4n) is 3.01. The van der Waals surface area contributed by atoms with Gasteiger partial charge in [-0.3, -0.25) is 4.79 Å². The number of nitriles is 1. The Hall–Kier alpha value is -3.04. The lowest BCUT2D eigenvalue weighted by molar-refractivity contribution is -0.112. The van der Waals surface area contributed by atoms with Gasteiger partial charge < -0.3 is 10.1 Å². The summed E-state index contributed by atoms with van der Waals surface area (Å²) in [6, 6.07) is 15.9. The first-order chi connectivity index (χ1) is 15.3. The average Bonchev–Trinajstić information content (AvgIpc) is 2.76. The molecule has 0 aliphatic rings. The molecule has 1 N–H and O–H groups in total. The fraction of sp³-hybridized carbons (Fsp3) is 0.0833. The third-order valence-electron chi connectivity index (χ3n) is 4.52. The van der Waals surface area contributed by atoms with Gasteiger partial charge in [0.25, 0.3) is 5.91 Å². The molecule has 0 bridgehead atoms. The van der Waals surface area contributed by atoms with Crippen LogP contribution < -0.4 is 10.1 Å². The first-order valence-electron chi connectivity index (χ1n) is 9.29. The summed E-state index contributed by atoms with van der Waals surface area (Å²) in [5.41, 5.74) is 2.14. The van der Waals surface area contributed by atoms with E-state index in [-0.39, 0.29) is 16.4 Å². The van der Waals surface area contributed by atoms with Crippen molar-refractivity contribution in [3.63, 3.8) is 0 Å². The number of carbonyl (C=O) groups is 1. The first-order valence-corrected chi connectivity index (χ1v) is 10.4. The van der Waals surface area contributed by atoms with Crippen molar-refractivity contribution in [1.29, 1.82) is 5.26 Å². The van der Waals surface area contributed by atoms with E-state index < -0.39 is 5.91 Å². The van der Waals surface area contributed by atoms with Gasteiger partial charge in [0, 0.05) is 22.7 Å². The van der Waals surface area contributed by atoms with Crippen LogP contribution in [0.2, 0.25) is 15.1 Å². The van der Waals surface area contributed by atoms with Crippen molar-refractivity contribution < 1.29 is 13.9 Å². The largest absolute Gasteiger partial charge is 0.496 e. The van der Waals surface area contributed by atoms with Crippen LogP contribution in [-0.4, -0.2) is 13.0 Å². The van der Waals surface area contributed by atoms with Crippen LogP contribution in [-0.2, 0) is 11.2 Å². The minimum Gasteiger partial charge on any atom is -0.496 e. The van der Waals surface area contributed by atoms with Crippen LogP contribution in [0.15, 0.2) is 60.2 Å². The molecule has 0 saturated heterocycles. The molecule has 1 amide bonds. The van der Waals surface area contributed by atoms with E-state index in [4.69, 9.17) is 39.5 Å². The monoisotopic (exact) mass is 488 g/mol. The lowest BCUT2D eigenvalue weighted by Crippen LogP contribution is -2.13. The number of ether oxygens (including phenoxy) is 1. The summed E-state index contributed by atoms with van der Waals surface area (Å²) in [5, 5.41) is 13.1. The standard InChI is InChI=1S/C24H16Cl3FN2O2/c1-32-23-11-15(10-21(26)19(23)9-14-3-2-4-17(28)8-14)7-16(13-29)24(31)30-18-5-6-20(25)22(27)12-18/h2-8,10-12H,9H2,1H3,(H,30,31)/b16-7+. The maximum Gasteiger partial charge on any atom is 0.266 e. The zero-order valence-corrected chi connectivity index (χ0v) is 19.0. The van der Waals surface area contributed by atoms with E-state index in [1.165, 1.54) is 37.5 Å². The Bertz CT molecular complexity index is 1250. The fourth-order valence-corrected chi connectivity index (χ4v) is 3.59. The van der Waals surface area contributed by atoms with Gasteiger partial charge in [0.15, 0.2) is 0 Å². The summed E-state index contributed by atoms with van der Waals surface area (Å²) in [6.45, 7) is 0. The van der Waals surface area contributed by atoms with E-state index in [9.17, 15) is 14.4 Å². The van der Waals surface area contributed by atoms with Crippen LogP contribution in [0.3, 0.4) is 0 Å². The number of hydrogen-bond acceptors (Lipinski definition) is 3. The number of rotatable bonds is 6. The van der Waals surface area contributed by atoms with Crippen molar-refractivity contribution in [2.24, 2.45) is 0 Å². The van der Waals surface area contributed by atoms with E-state index >= 15 is 0 Å². The van der Waals surface area contributed by atoms with Crippen LogP contribution in [0.1, 0.15) is 16.7 Å². The number of amides is 1. The van der Waals surface area contributed by atoms with Gasteiger partial charge in [0.05, 0.1) is 17.2 Å². The van der Waals surface area contributed by atoms with Gasteiger partial charge in [-0.2, -0.15) is 5.26 Å². The molecule has 0 saturated carbocycles. The van der Waals surface area contributed by atoms with Crippen LogP contribution >= 0.6 is 34.8 Å². The summed E-state index contributed by atoms with van der Waals surface area (Å²) in [7, 11) is 1.48. The molecule has 0 aliphatic heterocycles. The molecule has 0 fully saturated rings. The summed E-state index contributed by atoms with van der Waals surface area (Å²) in [5.74, 6) is -0.510. The van der Waals surface area contributed by atoms with Crippen molar-refractivity contribution in [2.75, 3.05) is 12.4 Å². The Morgan fingerprint density at radius 2 is 1.88 bits per heavy atom. The van der Waals surface area contributed by atoms with Crippen molar-refractivity contribution >= 4 is 52.5 Å². The zero-order chi connectivity index (χ0) is 23.3. The minimum absolute atomic E-state index is 0.146. The lowest BCUT2D eigenvalue weighted by atomic mass is 10.0. The molecule has 0 spiro atoms. The highest BCUT2D eigenvalue weighted by atomic mass is 35.5. The number of anilines is 1. The molecule has 8 heteroatoms. The molecule has 162 valence electrons. The molecule has 3 aromatic carbocycles. The predicted octanol–water partition coefficient (Wildman–Crippen LogP) is 6.93. The summed E-state index contributed by atoms with van der Waals surface area (Å²) in [4.78, 5) is 12.5. The molecule has 32 heavy (non-hydrogen) atoms. The number of benzene rings is 3. The van der Waals surface area contributed by atoms with E-state index in [1.54, 1.807) is 30.3 Å². The van der Waals surface area contributed by atoms with Crippen LogP contribution in [0.4, 0.5) is 10.1 Å². The van der Waals surface area contributed by atoms with Crippen LogP contribution in [0.5, 0.6) is 5.75 Å². The normalized spacial score (nSPS) is 11.1. The van der Waals surface area contributed by atoms with Gasteiger partial charge in [-0.1, -0.05) is 46.9 Å². The number of nitrogens with one attached hydrogen (secondary N) is 1. The maximum atomic E-state index is 13.5. The SMILES string of the molecule is COc1cc(/C=C(\C#N)C(=O)Nc2ccc(Cl)c(Cl)c2)cc(Cl)c1Cc1cccc(F)c1. The van der Waals surface area contributed by atoms with Crippen molar-refractivity contribution in [3.05, 3.63) is 97.7 Å². The zero-order valence-electron chi connectivity index (χ0n) is 16.8. The highest BCUT2D eigenvalue weighted by Gasteiger charge is 2.14. The van der Waals surface area contributed by atoms with Gasteiger partial charge >= 0.3 is 0 Å². The van der Waals surface area contributed by atoms with Gasteiger partial charge in [0.2, 0.25) is 0 Å². The third kappa shape index (κ3) is 5.80. The van der Waals surface area contributed by atoms with Crippen molar-refractivity contribution in [2.45, 2.75) is 6.42 Å². The molecule has 3 aromatic rings. The van der Waals surface area contributed by atoms with Gasteiger partial charge in [-0.25, -0.2) is 4.39 Å². The number of halogens is 4. The van der Waals surface area contributed by atoms with Crippen molar-refractivity contribution in [1.82, 2.24) is 0 Å². The average molecular weight is 490 g/mol. The topological polar surface area (TPSA) is 62.1 Å². The van der Waals surface area contributed by atoms with Crippen molar-refractivity contribution in [3.8, 4) is 11.8 Å². The molecular weight excluding hydrogens is 474 g/mol. The quantitative estimate of drug-likeness (QED) is 0.302. The van der Waals surface area contributed by atoms with Crippen LogP contribution in [0, 0.1) is 17.1 Å². The first kappa shape index (κ1) is 23.6. The highest BCUT2D eigenvalue weighted by Crippen LogP contribution is 2.32. The second-order valence-electron chi connectivity index (χ2n) is 6.74. The summed E-state index contributed by atoms with van der Waals surface area (Å²) >= 11 is 18.3. The number of methoxy groups -OCH3 is 1. The second kappa shape index (κ2) is 10.5. The molecule has 3 rings (SSSR count). The van der Waals surface area contributed by atoms with Gasteiger partial charge in [-0.15, -0.1) is 0 Å². The molecule has 0 unspecified atom stereocenters. The Morgan fingerprint density at radius 3 is 2.53 bits per heavy atom. The predicted molar refractivity (Wildman–Crippen MR) is 126 cm³/mol. The Labute approximate surface area is 199 Å². The highest BCUT2D eigenvalue weighted by molar-refractivity contribution is 6.42. The number of carbonyl (C=O) groups excluding carboxylic acids is 1. The molecule has 0 heterocycles. The number of hydrogen-bond donors (Lipinski definition) is 1. The van der Waals surface area contributed by atoms with E-state index in [0.717, 1.165) is 5.56 Å². The number of nitrogens with zero attached hydrogens (tertiary/aromatic N) is 1. The van der Waals surface area contributed by atoms with E-state index in [1.807, 2.05) is 6.07 Å². The molecule has 0 radical (unpaired) electrons. The Balaban J connectivity index is 1.88. The molecule has 0 aliphatic carbocycles. The molecule has 0 aromatic heterocycles. The lowest BCUT2D eigenvalue weighted by Gasteiger charge is -2.13.